The third-order valence-corrected chi connectivity index (χ3v) is 3.79. The number of benzene rings is 1. The molecule has 0 spiro atoms. The lowest BCUT2D eigenvalue weighted by Gasteiger charge is -2.02. The molecule has 0 unspecified atom stereocenters. The van der Waals surface area contributed by atoms with Crippen molar-refractivity contribution in [2.24, 2.45) is 5.10 Å². The zero-order valence-electron chi connectivity index (χ0n) is 10.4. The van der Waals surface area contributed by atoms with Gasteiger partial charge in [0.05, 0.1) is 16.8 Å². The first kappa shape index (κ1) is 14.8. The molecule has 0 saturated carbocycles. The van der Waals surface area contributed by atoms with Crippen LogP contribution in [0, 0.1) is 6.92 Å². The number of rotatable bonds is 3. The van der Waals surface area contributed by atoms with Gasteiger partial charge >= 0.3 is 0 Å². The molecular weight excluding hydrogens is 319 g/mol. The summed E-state index contributed by atoms with van der Waals surface area (Å²) in [5.74, 6) is -0.460. The van der Waals surface area contributed by atoms with Crippen LogP contribution in [0.3, 0.4) is 0 Å². The first-order chi connectivity index (χ1) is 9.47. The van der Waals surface area contributed by atoms with Gasteiger partial charge in [-0.15, -0.1) is 11.3 Å². The summed E-state index contributed by atoms with van der Waals surface area (Å²) in [6, 6.07) is 4.68. The summed E-state index contributed by atoms with van der Waals surface area (Å²) in [6.07, 6.45) is 1.28. The quantitative estimate of drug-likeness (QED) is 0.664. The second-order valence-corrected chi connectivity index (χ2v) is 5.93. The predicted molar refractivity (Wildman–Crippen MR) is 82.2 cm³/mol. The van der Waals surface area contributed by atoms with Crippen LogP contribution in [0.25, 0.3) is 0 Å². The monoisotopic (exact) mass is 328 g/mol. The van der Waals surface area contributed by atoms with Gasteiger partial charge in [0.2, 0.25) is 0 Å². The van der Waals surface area contributed by atoms with Crippen molar-refractivity contribution in [3.63, 3.8) is 0 Å². The zero-order valence-corrected chi connectivity index (χ0v) is 12.7. The number of nitrogens with zero attached hydrogens (tertiary/aromatic N) is 1. The average molecular weight is 329 g/mol. The van der Waals surface area contributed by atoms with Gasteiger partial charge in [-0.25, -0.2) is 5.43 Å². The number of halogens is 2. The molecule has 0 fully saturated rings. The summed E-state index contributed by atoms with van der Waals surface area (Å²) in [5, 5.41) is 15.7. The van der Waals surface area contributed by atoms with E-state index >= 15 is 0 Å². The number of aryl methyl sites for hydroxylation is 1. The third kappa shape index (κ3) is 3.50. The number of amides is 1. The van der Waals surface area contributed by atoms with E-state index in [1.54, 1.807) is 11.4 Å². The van der Waals surface area contributed by atoms with Gasteiger partial charge in [-0.1, -0.05) is 23.2 Å². The van der Waals surface area contributed by atoms with Crippen molar-refractivity contribution >= 4 is 46.7 Å². The second-order valence-electron chi connectivity index (χ2n) is 3.97. The van der Waals surface area contributed by atoms with Crippen LogP contribution in [0.2, 0.25) is 10.0 Å². The van der Waals surface area contributed by atoms with Crippen molar-refractivity contribution in [3.05, 3.63) is 49.6 Å². The number of carbonyl (C=O) groups is 1. The Balaban J connectivity index is 2.09. The Hall–Kier alpha value is -1.56. The molecule has 0 aliphatic rings. The van der Waals surface area contributed by atoms with E-state index in [1.807, 2.05) is 6.92 Å². The standard InChI is InChI=1S/C13H10Cl2N2O2S/c1-7-2-9(6-20-7)13(19)17-16-5-8-3-10(14)4-11(15)12(8)18/h2-6,18H,1H3,(H,17,19). The molecule has 2 N–H and O–H groups in total. The smallest absolute Gasteiger partial charge is 0.272 e. The van der Waals surface area contributed by atoms with Crippen molar-refractivity contribution in [1.29, 1.82) is 0 Å². The SMILES string of the molecule is Cc1cc(C(=O)NN=Cc2cc(Cl)cc(Cl)c2O)cs1. The van der Waals surface area contributed by atoms with Gasteiger partial charge in [0, 0.05) is 20.8 Å². The number of thiophene rings is 1. The molecule has 1 heterocycles. The Morgan fingerprint density at radius 1 is 1.40 bits per heavy atom. The number of hydrogen-bond acceptors (Lipinski definition) is 4. The maximum Gasteiger partial charge on any atom is 0.272 e. The van der Waals surface area contributed by atoms with Crippen LogP contribution < -0.4 is 5.43 Å². The van der Waals surface area contributed by atoms with Crippen LogP contribution in [0.4, 0.5) is 0 Å². The number of hydrazone groups is 1. The lowest BCUT2D eigenvalue weighted by atomic mass is 10.2. The topological polar surface area (TPSA) is 61.7 Å². The minimum Gasteiger partial charge on any atom is -0.506 e. The van der Waals surface area contributed by atoms with E-state index in [9.17, 15) is 9.90 Å². The van der Waals surface area contributed by atoms with E-state index < -0.39 is 0 Å². The summed E-state index contributed by atoms with van der Waals surface area (Å²) < 4.78 is 0. The summed E-state index contributed by atoms with van der Waals surface area (Å²) in [7, 11) is 0. The van der Waals surface area contributed by atoms with Crippen LogP contribution in [0.5, 0.6) is 5.75 Å². The highest BCUT2D eigenvalue weighted by atomic mass is 35.5. The fraction of sp³-hybridized carbons (Fsp3) is 0.0769. The zero-order chi connectivity index (χ0) is 14.7. The number of hydrogen-bond donors (Lipinski definition) is 2. The van der Waals surface area contributed by atoms with Gasteiger partial charge in [0.1, 0.15) is 5.75 Å². The van der Waals surface area contributed by atoms with Crippen molar-refractivity contribution in [2.75, 3.05) is 0 Å². The first-order valence-corrected chi connectivity index (χ1v) is 7.17. The summed E-state index contributed by atoms with van der Waals surface area (Å²) >= 11 is 13.1. The van der Waals surface area contributed by atoms with Crippen LogP contribution in [0.1, 0.15) is 20.8 Å². The fourth-order valence-corrected chi connectivity index (χ4v) is 2.66. The molecule has 2 rings (SSSR count). The number of aromatic hydroxyl groups is 1. The maximum absolute atomic E-state index is 11.7. The van der Waals surface area contributed by atoms with Crippen molar-refractivity contribution in [2.45, 2.75) is 6.92 Å². The Bertz CT molecular complexity index is 683. The largest absolute Gasteiger partial charge is 0.506 e. The molecule has 0 aliphatic heterocycles. The van der Waals surface area contributed by atoms with Gasteiger partial charge in [-0.2, -0.15) is 5.10 Å². The Morgan fingerprint density at radius 2 is 2.15 bits per heavy atom. The maximum atomic E-state index is 11.7. The Labute approximate surface area is 129 Å². The van der Waals surface area contributed by atoms with Crippen molar-refractivity contribution in [1.82, 2.24) is 5.43 Å². The first-order valence-electron chi connectivity index (χ1n) is 5.54. The van der Waals surface area contributed by atoms with E-state index in [2.05, 4.69) is 10.5 Å². The molecule has 0 radical (unpaired) electrons. The average Bonchev–Trinajstić information content (AvgIpc) is 2.81. The van der Waals surface area contributed by atoms with Gasteiger partial charge in [0.25, 0.3) is 5.91 Å². The fourth-order valence-electron chi connectivity index (χ4n) is 1.47. The lowest BCUT2D eigenvalue weighted by molar-refractivity contribution is 0.0955. The normalized spacial score (nSPS) is 10.9. The Morgan fingerprint density at radius 3 is 2.80 bits per heavy atom. The van der Waals surface area contributed by atoms with Gasteiger partial charge in [0.15, 0.2) is 0 Å². The number of nitrogens with one attached hydrogen (secondary N) is 1. The molecule has 0 bridgehead atoms. The van der Waals surface area contributed by atoms with Crippen molar-refractivity contribution < 1.29 is 9.90 Å². The van der Waals surface area contributed by atoms with Crippen LogP contribution in [-0.4, -0.2) is 17.2 Å². The lowest BCUT2D eigenvalue weighted by Crippen LogP contribution is -2.16. The third-order valence-electron chi connectivity index (χ3n) is 2.42. The molecule has 2 aromatic rings. The van der Waals surface area contributed by atoms with Gasteiger partial charge < -0.3 is 5.11 Å². The summed E-state index contributed by atoms with van der Waals surface area (Å²) in [4.78, 5) is 12.8. The number of carbonyl (C=O) groups excluding carboxylic acids is 1. The summed E-state index contributed by atoms with van der Waals surface area (Å²) in [6.45, 7) is 1.91. The molecule has 4 nitrogen and oxygen atoms in total. The molecule has 104 valence electrons. The molecule has 7 heteroatoms. The predicted octanol–water partition coefficient (Wildman–Crippen LogP) is 3.83. The van der Waals surface area contributed by atoms with Gasteiger partial charge in [-0.05, 0) is 25.1 Å². The molecule has 1 amide bonds. The van der Waals surface area contributed by atoms with E-state index in [-0.39, 0.29) is 16.7 Å². The van der Waals surface area contributed by atoms with E-state index in [0.717, 1.165) is 4.88 Å². The van der Waals surface area contributed by atoms with E-state index in [4.69, 9.17) is 23.2 Å². The Kier molecular flexibility index (Phi) is 4.65. The highest BCUT2D eigenvalue weighted by Crippen LogP contribution is 2.29. The van der Waals surface area contributed by atoms with Crippen LogP contribution in [0.15, 0.2) is 28.7 Å². The highest BCUT2D eigenvalue weighted by molar-refractivity contribution is 7.10. The van der Waals surface area contributed by atoms with E-state index in [0.29, 0.717) is 16.1 Å². The molecule has 1 aromatic carbocycles. The highest BCUT2D eigenvalue weighted by Gasteiger charge is 2.07. The number of phenols is 1. The molecule has 20 heavy (non-hydrogen) atoms. The molecular formula is C13H10Cl2N2O2S. The summed E-state index contributed by atoms with van der Waals surface area (Å²) in [5.41, 5.74) is 3.23. The molecule has 0 aliphatic carbocycles. The van der Waals surface area contributed by atoms with Crippen molar-refractivity contribution in [3.8, 4) is 5.75 Å². The molecule has 0 atom stereocenters. The minimum atomic E-state index is -0.321. The second kappa shape index (κ2) is 6.26. The molecule has 1 aromatic heterocycles. The van der Waals surface area contributed by atoms with Crippen LogP contribution in [-0.2, 0) is 0 Å². The number of phenolic OH excluding ortho intramolecular Hbond substituents is 1. The van der Waals surface area contributed by atoms with E-state index in [1.165, 1.54) is 29.7 Å². The minimum absolute atomic E-state index is 0.124. The van der Waals surface area contributed by atoms with Gasteiger partial charge in [-0.3, -0.25) is 4.79 Å². The molecule has 0 saturated heterocycles. The van der Waals surface area contributed by atoms with Crippen LogP contribution >= 0.6 is 34.5 Å².